The lowest BCUT2D eigenvalue weighted by molar-refractivity contribution is -0.128. The fourth-order valence-electron chi connectivity index (χ4n) is 3.43. The molecule has 9 heteroatoms. The number of hydrogen-bond acceptors (Lipinski definition) is 4. The smallest absolute Gasteiger partial charge is 0.291 e. The number of carbonyl (C=O) groups excluding carboxylic acids is 1. The lowest BCUT2D eigenvalue weighted by atomic mass is 10.1. The Balaban J connectivity index is 1.41. The lowest BCUT2D eigenvalue weighted by Gasteiger charge is -2.16. The number of likely N-dealkylation sites (tertiary alicyclic amines) is 1. The minimum atomic E-state index is -0.512. The molecule has 1 amide bonds. The summed E-state index contributed by atoms with van der Waals surface area (Å²) >= 11 is 18.1. The number of halogens is 3. The van der Waals surface area contributed by atoms with Gasteiger partial charge in [0.15, 0.2) is 0 Å². The summed E-state index contributed by atoms with van der Waals surface area (Å²) in [5, 5.41) is 7.76. The lowest BCUT2D eigenvalue weighted by Crippen LogP contribution is -2.23. The van der Waals surface area contributed by atoms with Crippen molar-refractivity contribution in [1.82, 2.24) is 14.7 Å². The summed E-state index contributed by atoms with van der Waals surface area (Å²) < 4.78 is 1.15. The first-order valence-electron chi connectivity index (χ1n) is 9.75. The van der Waals surface area contributed by atoms with E-state index in [1.165, 1.54) is 6.20 Å². The molecule has 1 aliphatic heterocycles. The molecule has 0 unspecified atom stereocenters. The van der Waals surface area contributed by atoms with Crippen LogP contribution >= 0.6 is 34.8 Å². The number of aromatic nitrogens is 2. The number of benzene rings is 2. The van der Waals surface area contributed by atoms with Crippen molar-refractivity contribution < 1.29 is 4.79 Å². The molecule has 4 rings (SSSR count). The second-order valence-corrected chi connectivity index (χ2v) is 8.47. The molecule has 1 aromatic heterocycles. The van der Waals surface area contributed by atoms with Crippen molar-refractivity contribution in [2.24, 2.45) is 0 Å². The van der Waals surface area contributed by atoms with Gasteiger partial charge in [-0.05, 0) is 35.7 Å². The molecule has 0 bridgehead atoms. The Morgan fingerprint density at radius 1 is 0.968 bits per heavy atom. The number of hydrogen-bond donors (Lipinski definition) is 1. The van der Waals surface area contributed by atoms with E-state index in [2.05, 4.69) is 10.4 Å². The van der Waals surface area contributed by atoms with E-state index in [0.717, 1.165) is 34.5 Å². The Bertz CT molecular complexity index is 1180. The van der Waals surface area contributed by atoms with Crippen LogP contribution in [0, 0.1) is 0 Å². The predicted molar refractivity (Wildman–Crippen MR) is 123 cm³/mol. The molecule has 3 aromatic rings. The van der Waals surface area contributed by atoms with Crippen molar-refractivity contribution >= 4 is 46.4 Å². The normalized spacial score (nSPS) is 13.6. The minimum Gasteiger partial charge on any atom is -0.380 e. The molecule has 1 saturated heterocycles. The van der Waals surface area contributed by atoms with Crippen LogP contribution in [0.5, 0.6) is 0 Å². The van der Waals surface area contributed by atoms with Crippen LogP contribution in [0.2, 0.25) is 15.1 Å². The number of nitrogens with one attached hydrogen (secondary N) is 1. The van der Waals surface area contributed by atoms with Crippen molar-refractivity contribution in [3.8, 4) is 5.69 Å². The fourth-order valence-corrected chi connectivity index (χ4v) is 3.92. The van der Waals surface area contributed by atoms with Gasteiger partial charge in [0.25, 0.3) is 5.56 Å². The second kappa shape index (κ2) is 9.30. The molecule has 2 heterocycles. The van der Waals surface area contributed by atoms with Gasteiger partial charge in [0.05, 0.1) is 27.6 Å². The van der Waals surface area contributed by atoms with Crippen molar-refractivity contribution in [3.05, 3.63) is 85.2 Å². The van der Waals surface area contributed by atoms with Crippen molar-refractivity contribution in [3.63, 3.8) is 0 Å². The van der Waals surface area contributed by atoms with Crippen LogP contribution in [0.15, 0.2) is 53.5 Å². The zero-order valence-electron chi connectivity index (χ0n) is 16.4. The highest BCUT2D eigenvalue weighted by atomic mass is 35.5. The highest BCUT2D eigenvalue weighted by Gasteiger charge is 2.19. The third kappa shape index (κ3) is 4.87. The number of anilines is 1. The summed E-state index contributed by atoms with van der Waals surface area (Å²) in [4.78, 5) is 25.9. The first-order valence-corrected chi connectivity index (χ1v) is 10.9. The fraction of sp³-hybridized carbons (Fsp3) is 0.227. The monoisotopic (exact) mass is 476 g/mol. The average Bonchev–Trinajstić information content (AvgIpc) is 3.17. The first-order chi connectivity index (χ1) is 14.9. The van der Waals surface area contributed by atoms with Gasteiger partial charge >= 0.3 is 0 Å². The van der Waals surface area contributed by atoms with E-state index in [-0.39, 0.29) is 16.0 Å². The van der Waals surface area contributed by atoms with E-state index in [9.17, 15) is 9.59 Å². The topological polar surface area (TPSA) is 67.2 Å². The van der Waals surface area contributed by atoms with Gasteiger partial charge in [-0.25, -0.2) is 0 Å². The van der Waals surface area contributed by atoms with E-state index in [0.29, 0.717) is 30.2 Å². The van der Waals surface area contributed by atoms with Crippen molar-refractivity contribution in [2.45, 2.75) is 25.9 Å². The van der Waals surface area contributed by atoms with Crippen molar-refractivity contribution in [1.29, 1.82) is 0 Å². The number of rotatable bonds is 6. The summed E-state index contributed by atoms with van der Waals surface area (Å²) in [5.74, 6) is 0.224. The molecule has 31 heavy (non-hydrogen) atoms. The van der Waals surface area contributed by atoms with Gasteiger partial charge in [-0.2, -0.15) is 9.78 Å². The molecular formula is C22H19Cl3N4O2. The van der Waals surface area contributed by atoms with Gasteiger partial charge in [0, 0.05) is 26.1 Å². The van der Waals surface area contributed by atoms with E-state index in [4.69, 9.17) is 34.8 Å². The molecule has 6 nitrogen and oxygen atoms in total. The molecule has 160 valence electrons. The minimum absolute atomic E-state index is 0.0902. The van der Waals surface area contributed by atoms with Gasteiger partial charge in [0.2, 0.25) is 5.91 Å². The Labute approximate surface area is 194 Å². The van der Waals surface area contributed by atoms with Gasteiger partial charge in [0.1, 0.15) is 5.02 Å². The van der Waals surface area contributed by atoms with E-state index < -0.39 is 5.56 Å². The van der Waals surface area contributed by atoms with Crippen molar-refractivity contribution in [2.75, 3.05) is 11.9 Å². The summed E-state index contributed by atoms with van der Waals surface area (Å²) in [6, 6.07) is 13.3. The van der Waals surface area contributed by atoms with Crippen LogP contribution in [-0.4, -0.2) is 27.1 Å². The van der Waals surface area contributed by atoms with Crippen LogP contribution in [0.1, 0.15) is 24.0 Å². The van der Waals surface area contributed by atoms with Crippen LogP contribution in [0.4, 0.5) is 5.69 Å². The summed E-state index contributed by atoms with van der Waals surface area (Å²) in [5.41, 5.74) is 2.90. The molecule has 2 aromatic carbocycles. The molecule has 0 spiro atoms. The number of amides is 1. The number of carbonyl (C=O) groups is 1. The molecule has 0 saturated carbocycles. The molecule has 1 aliphatic rings. The zero-order valence-corrected chi connectivity index (χ0v) is 18.7. The molecule has 1 fully saturated rings. The largest absolute Gasteiger partial charge is 0.380 e. The molecule has 0 radical (unpaired) electrons. The van der Waals surface area contributed by atoms with Crippen LogP contribution in [0.25, 0.3) is 5.69 Å². The average molecular weight is 478 g/mol. The Morgan fingerprint density at radius 2 is 1.71 bits per heavy atom. The van der Waals surface area contributed by atoms with E-state index in [1.54, 1.807) is 18.2 Å². The standard InChI is InChI=1S/C22H19Cl3N4O2/c23-17-10-16(29-22(31)21(25)18(24)12-27-29)7-8-19(17)26-11-14-3-5-15(6-4-14)13-28-9-1-2-20(28)30/h3-8,10,12,26H,1-2,9,11,13H2. The third-order valence-corrected chi connectivity index (χ3v) is 6.19. The Morgan fingerprint density at radius 3 is 2.39 bits per heavy atom. The SMILES string of the molecule is O=C1CCCN1Cc1ccc(CNc2ccc(-n3ncc(Cl)c(Cl)c3=O)cc2Cl)cc1. The third-order valence-electron chi connectivity index (χ3n) is 5.12. The maximum absolute atomic E-state index is 12.3. The predicted octanol–water partition coefficient (Wildman–Crippen LogP) is 4.93. The van der Waals surface area contributed by atoms with Gasteiger partial charge in [-0.3, -0.25) is 9.59 Å². The molecular weight excluding hydrogens is 459 g/mol. The van der Waals surface area contributed by atoms with Crippen LogP contribution < -0.4 is 10.9 Å². The van der Waals surface area contributed by atoms with E-state index >= 15 is 0 Å². The van der Waals surface area contributed by atoms with Gasteiger partial charge < -0.3 is 10.2 Å². The number of nitrogens with zero attached hydrogens (tertiary/aromatic N) is 3. The maximum atomic E-state index is 12.3. The Kier molecular flexibility index (Phi) is 6.51. The highest BCUT2D eigenvalue weighted by Crippen LogP contribution is 2.25. The van der Waals surface area contributed by atoms with E-state index in [1.807, 2.05) is 29.2 Å². The zero-order chi connectivity index (χ0) is 22.0. The first kappa shape index (κ1) is 21.7. The van der Waals surface area contributed by atoms with Crippen LogP contribution in [-0.2, 0) is 17.9 Å². The molecule has 0 aliphatic carbocycles. The summed E-state index contributed by atoms with van der Waals surface area (Å²) in [6.07, 6.45) is 2.90. The van der Waals surface area contributed by atoms with Gasteiger partial charge in [-0.15, -0.1) is 0 Å². The highest BCUT2D eigenvalue weighted by molar-refractivity contribution is 6.41. The van der Waals surface area contributed by atoms with Gasteiger partial charge in [-0.1, -0.05) is 59.1 Å². The quantitative estimate of drug-likeness (QED) is 0.547. The molecule has 1 N–H and O–H groups in total. The Hall–Kier alpha value is -2.54. The summed E-state index contributed by atoms with van der Waals surface area (Å²) in [7, 11) is 0. The maximum Gasteiger partial charge on any atom is 0.291 e. The second-order valence-electron chi connectivity index (χ2n) is 7.28. The molecule has 0 atom stereocenters. The summed E-state index contributed by atoms with van der Waals surface area (Å²) in [6.45, 7) is 2.06. The van der Waals surface area contributed by atoms with Crippen LogP contribution in [0.3, 0.4) is 0 Å².